The SMILES string of the molecule is CCn1c(=O)[nH]c(=O)c2c(C(=O)N(C)Cc3ccc(C(F)(F)F)cc3)cc(C(C)C)nc21. The highest BCUT2D eigenvalue weighted by atomic mass is 19.4. The summed E-state index contributed by atoms with van der Waals surface area (Å²) in [5.74, 6) is -0.586. The van der Waals surface area contributed by atoms with Crippen molar-refractivity contribution in [2.45, 2.75) is 46.0 Å². The first-order chi connectivity index (χ1) is 14.9. The van der Waals surface area contributed by atoms with Crippen LogP contribution in [-0.4, -0.2) is 32.4 Å². The van der Waals surface area contributed by atoms with Gasteiger partial charge in [0.1, 0.15) is 0 Å². The zero-order valence-electron chi connectivity index (χ0n) is 18.1. The van der Waals surface area contributed by atoms with Gasteiger partial charge in [0.2, 0.25) is 0 Å². The third kappa shape index (κ3) is 4.44. The number of H-pyrrole nitrogens is 1. The van der Waals surface area contributed by atoms with Crippen LogP contribution in [0.4, 0.5) is 13.2 Å². The summed E-state index contributed by atoms with van der Waals surface area (Å²) in [6.07, 6.45) is -4.44. The topological polar surface area (TPSA) is 88.1 Å². The molecule has 0 saturated heterocycles. The molecule has 1 aromatic carbocycles. The number of halogens is 3. The Morgan fingerprint density at radius 1 is 1.19 bits per heavy atom. The number of hydrogen-bond donors (Lipinski definition) is 1. The fraction of sp³-hybridized carbons (Fsp3) is 0.364. The summed E-state index contributed by atoms with van der Waals surface area (Å²) in [5.41, 5.74) is -0.873. The first kappa shape index (κ1) is 23.2. The normalized spacial score (nSPS) is 11.9. The molecule has 0 saturated carbocycles. The summed E-state index contributed by atoms with van der Waals surface area (Å²) in [6.45, 7) is 5.74. The molecule has 0 aliphatic rings. The van der Waals surface area contributed by atoms with Crippen molar-refractivity contribution in [1.29, 1.82) is 0 Å². The van der Waals surface area contributed by atoms with Gasteiger partial charge in [-0.25, -0.2) is 9.78 Å². The lowest BCUT2D eigenvalue weighted by Gasteiger charge is -2.20. The van der Waals surface area contributed by atoms with Crippen LogP contribution in [0.1, 0.15) is 53.9 Å². The molecule has 0 radical (unpaired) electrons. The number of amides is 1. The molecule has 3 rings (SSSR count). The van der Waals surface area contributed by atoms with Crippen LogP contribution in [0.5, 0.6) is 0 Å². The summed E-state index contributed by atoms with van der Waals surface area (Å²) in [4.78, 5) is 46.1. The number of aromatic amines is 1. The predicted molar refractivity (Wildman–Crippen MR) is 114 cm³/mol. The van der Waals surface area contributed by atoms with Gasteiger partial charge in [0, 0.05) is 25.8 Å². The Bertz CT molecular complexity index is 1280. The van der Waals surface area contributed by atoms with E-state index in [2.05, 4.69) is 9.97 Å². The van der Waals surface area contributed by atoms with E-state index in [0.29, 0.717) is 11.3 Å². The molecule has 32 heavy (non-hydrogen) atoms. The summed E-state index contributed by atoms with van der Waals surface area (Å²) >= 11 is 0. The smallest absolute Gasteiger partial charge is 0.337 e. The van der Waals surface area contributed by atoms with Crippen molar-refractivity contribution in [1.82, 2.24) is 19.4 Å². The largest absolute Gasteiger partial charge is 0.416 e. The molecule has 0 aliphatic heterocycles. The van der Waals surface area contributed by atoms with Crippen molar-refractivity contribution in [2.24, 2.45) is 0 Å². The number of carbonyl (C=O) groups excluding carboxylic acids is 1. The van der Waals surface area contributed by atoms with E-state index in [0.717, 1.165) is 12.1 Å². The van der Waals surface area contributed by atoms with E-state index in [4.69, 9.17) is 0 Å². The molecule has 2 heterocycles. The van der Waals surface area contributed by atoms with Gasteiger partial charge in [0.05, 0.1) is 16.5 Å². The fourth-order valence-corrected chi connectivity index (χ4v) is 3.40. The molecule has 0 unspecified atom stereocenters. The molecule has 1 N–H and O–H groups in total. The lowest BCUT2D eigenvalue weighted by molar-refractivity contribution is -0.137. The number of pyridine rings is 1. The van der Waals surface area contributed by atoms with E-state index in [1.54, 1.807) is 6.92 Å². The Morgan fingerprint density at radius 2 is 1.81 bits per heavy atom. The van der Waals surface area contributed by atoms with Crippen molar-refractivity contribution < 1.29 is 18.0 Å². The van der Waals surface area contributed by atoms with E-state index in [-0.39, 0.29) is 35.6 Å². The number of rotatable bonds is 5. The van der Waals surface area contributed by atoms with E-state index in [1.807, 2.05) is 13.8 Å². The third-order valence-electron chi connectivity index (χ3n) is 5.15. The molecular formula is C22H23F3N4O3. The maximum absolute atomic E-state index is 13.3. The molecule has 3 aromatic rings. The highest BCUT2D eigenvalue weighted by Crippen LogP contribution is 2.29. The molecule has 170 valence electrons. The molecule has 1 amide bonds. The minimum absolute atomic E-state index is 0.000111. The highest BCUT2D eigenvalue weighted by Gasteiger charge is 2.30. The second-order valence-electron chi connectivity index (χ2n) is 7.81. The number of aryl methyl sites for hydroxylation is 1. The van der Waals surface area contributed by atoms with Crippen LogP contribution in [0, 0.1) is 0 Å². The monoisotopic (exact) mass is 448 g/mol. The Hall–Kier alpha value is -3.43. The second kappa shape index (κ2) is 8.60. The zero-order valence-corrected chi connectivity index (χ0v) is 18.1. The summed E-state index contributed by atoms with van der Waals surface area (Å²) < 4.78 is 39.6. The Kier molecular flexibility index (Phi) is 6.25. The first-order valence-corrected chi connectivity index (χ1v) is 10.0. The number of nitrogens with one attached hydrogen (secondary N) is 1. The first-order valence-electron chi connectivity index (χ1n) is 10.0. The molecule has 0 atom stereocenters. The van der Waals surface area contributed by atoms with Crippen molar-refractivity contribution in [3.63, 3.8) is 0 Å². The minimum atomic E-state index is -4.44. The van der Waals surface area contributed by atoms with Gasteiger partial charge < -0.3 is 4.90 Å². The van der Waals surface area contributed by atoms with Crippen LogP contribution in [0.25, 0.3) is 11.0 Å². The van der Waals surface area contributed by atoms with Crippen LogP contribution in [0.2, 0.25) is 0 Å². The number of benzene rings is 1. The van der Waals surface area contributed by atoms with Gasteiger partial charge in [0.25, 0.3) is 11.5 Å². The fourth-order valence-electron chi connectivity index (χ4n) is 3.40. The quantitative estimate of drug-likeness (QED) is 0.647. The average Bonchev–Trinajstić information content (AvgIpc) is 2.72. The van der Waals surface area contributed by atoms with Crippen molar-refractivity contribution in [3.05, 3.63) is 73.6 Å². The van der Waals surface area contributed by atoms with Crippen LogP contribution in [0.3, 0.4) is 0 Å². The zero-order chi connectivity index (χ0) is 23.8. The van der Waals surface area contributed by atoms with Crippen molar-refractivity contribution in [2.75, 3.05) is 7.05 Å². The molecule has 2 aromatic heterocycles. The van der Waals surface area contributed by atoms with Crippen LogP contribution in [0.15, 0.2) is 39.9 Å². The number of nitrogens with zero attached hydrogens (tertiary/aromatic N) is 3. The van der Waals surface area contributed by atoms with Crippen LogP contribution >= 0.6 is 0 Å². The summed E-state index contributed by atoms with van der Waals surface area (Å²) in [6, 6.07) is 6.04. The molecule has 0 bridgehead atoms. The van der Waals surface area contributed by atoms with Gasteiger partial charge in [-0.15, -0.1) is 0 Å². The predicted octanol–water partition coefficient (Wildman–Crippen LogP) is 3.52. The molecule has 0 fully saturated rings. The minimum Gasteiger partial charge on any atom is -0.337 e. The number of fused-ring (bicyclic) bond motifs is 1. The van der Waals surface area contributed by atoms with E-state index in [9.17, 15) is 27.6 Å². The van der Waals surface area contributed by atoms with Gasteiger partial charge >= 0.3 is 11.9 Å². The van der Waals surface area contributed by atoms with Crippen molar-refractivity contribution >= 4 is 16.9 Å². The lowest BCUT2D eigenvalue weighted by Crippen LogP contribution is -2.33. The Balaban J connectivity index is 2.07. The highest BCUT2D eigenvalue weighted by molar-refractivity contribution is 6.05. The van der Waals surface area contributed by atoms with E-state index in [1.165, 1.54) is 34.7 Å². The third-order valence-corrected chi connectivity index (χ3v) is 5.15. The van der Waals surface area contributed by atoms with Gasteiger partial charge in [0.15, 0.2) is 5.65 Å². The van der Waals surface area contributed by atoms with Gasteiger partial charge in [-0.3, -0.25) is 19.1 Å². The van der Waals surface area contributed by atoms with E-state index >= 15 is 0 Å². The number of aromatic nitrogens is 3. The standard InChI is InChI=1S/C22H23F3N4O3/c1-5-29-18-17(19(30)27-21(29)32)15(10-16(26-18)12(2)3)20(31)28(4)11-13-6-8-14(9-7-13)22(23,24)25/h6-10,12H,5,11H2,1-4H3,(H,27,30,32). The number of carbonyl (C=O) groups is 1. The summed E-state index contributed by atoms with van der Waals surface area (Å²) in [7, 11) is 1.49. The molecule has 0 spiro atoms. The van der Waals surface area contributed by atoms with Crippen LogP contribution in [-0.2, 0) is 19.3 Å². The molecule has 7 nitrogen and oxygen atoms in total. The van der Waals surface area contributed by atoms with Gasteiger partial charge in [-0.1, -0.05) is 26.0 Å². The number of hydrogen-bond acceptors (Lipinski definition) is 4. The Morgan fingerprint density at radius 3 is 2.34 bits per heavy atom. The number of alkyl halides is 3. The molecular weight excluding hydrogens is 425 g/mol. The van der Waals surface area contributed by atoms with Crippen molar-refractivity contribution in [3.8, 4) is 0 Å². The van der Waals surface area contributed by atoms with Gasteiger partial charge in [-0.2, -0.15) is 13.2 Å². The molecule has 10 heteroatoms. The lowest BCUT2D eigenvalue weighted by atomic mass is 10.0. The maximum atomic E-state index is 13.3. The average molecular weight is 448 g/mol. The maximum Gasteiger partial charge on any atom is 0.416 e. The van der Waals surface area contributed by atoms with Gasteiger partial charge in [-0.05, 0) is 36.6 Å². The second-order valence-corrected chi connectivity index (χ2v) is 7.81. The van der Waals surface area contributed by atoms with E-state index < -0.39 is 28.9 Å². The summed E-state index contributed by atoms with van der Waals surface area (Å²) in [5, 5.41) is 0.000111. The van der Waals surface area contributed by atoms with Crippen LogP contribution < -0.4 is 11.2 Å². The molecule has 0 aliphatic carbocycles. The Labute approximate surface area is 181 Å².